The Morgan fingerprint density at radius 1 is 1.10 bits per heavy atom. The molecule has 8 nitrogen and oxygen atoms in total. The first kappa shape index (κ1) is 29.8. The molecule has 1 saturated heterocycles. The third-order valence-electron chi connectivity index (χ3n) is 6.75. The largest absolute Gasteiger partial charge is 0.373 e. The molecule has 0 aliphatic carbocycles. The molecule has 1 aliphatic heterocycles. The summed E-state index contributed by atoms with van der Waals surface area (Å²) in [5.41, 5.74) is 3.59. The molecule has 2 heterocycles. The molecule has 1 fully saturated rings. The predicted octanol–water partition coefficient (Wildman–Crippen LogP) is 5.55. The van der Waals surface area contributed by atoms with Gasteiger partial charge in [-0.1, -0.05) is 56.3 Å². The minimum absolute atomic E-state index is 0.0467. The molecule has 40 heavy (non-hydrogen) atoms. The van der Waals surface area contributed by atoms with Crippen molar-refractivity contribution in [3.8, 4) is 11.3 Å². The highest BCUT2D eigenvalue weighted by Crippen LogP contribution is 2.33. The first-order valence-electron chi connectivity index (χ1n) is 13.2. The van der Waals surface area contributed by atoms with Gasteiger partial charge in [-0.3, -0.25) is 0 Å². The lowest BCUT2D eigenvalue weighted by Crippen LogP contribution is -2.37. The molecule has 2 aromatic carbocycles. The van der Waals surface area contributed by atoms with Gasteiger partial charge >= 0.3 is 0 Å². The Bertz CT molecular complexity index is 1420. The molecule has 0 radical (unpaired) electrons. The monoisotopic (exact) mass is 569 g/mol. The molecule has 1 aromatic heterocycles. The van der Waals surface area contributed by atoms with E-state index in [0.717, 1.165) is 16.1 Å². The second-order valence-corrected chi connectivity index (χ2v) is 12.2. The van der Waals surface area contributed by atoms with Gasteiger partial charge in [0, 0.05) is 38.1 Å². The zero-order valence-electron chi connectivity index (χ0n) is 23.5. The van der Waals surface area contributed by atoms with Gasteiger partial charge in [-0.25, -0.2) is 27.1 Å². The lowest BCUT2D eigenvalue weighted by molar-refractivity contribution is -0.200. The minimum atomic E-state index is -3.60. The van der Waals surface area contributed by atoms with Crippen LogP contribution < -0.4 is 4.31 Å². The summed E-state index contributed by atoms with van der Waals surface area (Å²) in [5.74, 6) is -0.393. The number of anilines is 1. The van der Waals surface area contributed by atoms with E-state index in [1.54, 1.807) is 19.2 Å². The van der Waals surface area contributed by atoms with E-state index in [-0.39, 0.29) is 29.9 Å². The highest BCUT2D eigenvalue weighted by Gasteiger charge is 2.29. The van der Waals surface area contributed by atoms with Crippen LogP contribution >= 0.6 is 0 Å². The van der Waals surface area contributed by atoms with Crippen molar-refractivity contribution in [1.29, 1.82) is 0 Å². The van der Waals surface area contributed by atoms with E-state index in [0.29, 0.717) is 42.0 Å². The van der Waals surface area contributed by atoms with Crippen molar-refractivity contribution in [1.82, 2.24) is 9.97 Å². The summed E-state index contributed by atoms with van der Waals surface area (Å²) in [6, 6.07) is 15.9. The second-order valence-electron chi connectivity index (χ2n) is 10.2. The van der Waals surface area contributed by atoms with Crippen molar-refractivity contribution in [2.45, 2.75) is 57.7 Å². The van der Waals surface area contributed by atoms with Crippen molar-refractivity contribution >= 4 is 22.0 Å². The number of hydrogen-bond acceptors (Lipinski definition) is 7. The third-order valence-corrected chi connectivity index (χ3v) is 7.91. The van der Waals surface area contributed by atoms with Crippen LogP contribution in [0, 0.1) is 5.82 Å². The van der Waals surface area contributed by atoms with Gasteiger partial charge in [-0.05, 0) is 35.7 Å². The van der Waals surface area contributed by atoms with Crippen LogP contribution in [0.5, 0.6) is 0 Å². The number of nitrogens with zero attached hydrogens (tertiary/aromatic N) is 3. The number of benzene rings is 2. The maximum absolute atomic E-state index is 13.8. The summed E-state index contributed by atoms with van der Waals surface area (Å²) >= 11 is 0. The van der Waals surface area contributed by atoms with E-state index in [1.165, 1.54) is 19.2 Å². The van der Waals surface area contributed by atoms with Crippen LogP contribution in [-0.2, 0) is 30.8 Å². The Labute approximate surface area is 235 Å². The van der Waals surface area contributed by atoms with Crippen molar-refractivity contribution in [3.05, 3.63) is 83.3 Å². The van der Waals surface area contributed by atoms with Crippen molar-refractivity contribution < 1.29 is 27.0 Å². The Balaban J connectivity index is 1.69. The zero-order valence-corrected chi connectivity index (χ0v) is 24.3. The fourth-order valence-corrected chi connectivity index (χ4v) is 4.85. The fraction of sp³-hybridized carbons (Fsp3) is 0.400. The standard InChI is InChI=1S/C30H36FN3O5S/c1-20(2)28-26(29(22-11-13-23(31)14-12-22)33-30(32-28)34(3)40(5,35)36)16-15-24-17-25(18-27(37-4)39-24)38-19-21-9-7-6-8-10-21/h6-16,20,24-25,27H,17-19H2,1-5H3/t24-,25-,27?/m1/s1. The molecule has 1 aliphatic rings. The number of halogens is 1. The summed E-state index contributed by atoms with van der Waals surface area (Å²) < 4.78 is 57.3. The number of ether oxygens (including phenoxy) is 3. The summed E-state index contributed by atoms with van der Waals surface area (Å²) in [4.78, 5) is 9.26. The third kappa shape index (κ3) is 7.51. The number of aromatic nitrogens is 2. The molecule has 0 amide bonds. The summed E-state index contributed by atoms with van der Waals surface area (Å²) in [5, 5.41) is 0. The maximum Gasteiger partial charge on any atom is 0.239 e. The van der Waals surface area contributed by atoms with Crippen LogP contribution in [-0.4, -0.2) is 57.3 Å². The van der Waals surface area contributed by atoms with Gasteiger partial charge in [0.2, 0.25) is 16.0 Å². The lowest BCUT2D eigenvalue weighted by Gasteiger charge is -2.33. The summed E-state index contributed by atoms with van der Waals surface area (Å²) in [6.45, 7) is 4.45. The first-order chi connectivity index (χ1) is 19.0. The molecule has 10 heteroatoms. The van der Waals surface area contributed by atoms with Crippen molar-refractivity contribution in [2.24, 2.45) is 0 Å². The lowest BCUT2D eigenvalue weighted by atomic mass is 9.96. The molecule has 3 atom stereocenters. The molecule has 0 saturated carbocycles. The van der Waals surface area contributed by atoms with E-state index in [2.05, 4.69) is 9.97 Å². The van der Waals surface area contributed by atoms with Crippen molar-refractivity contribution in [2.75, 3.05) is 24.7 Å². The van der Waals surface area contributed by atoms with E-state index >= 15 is 0 Å². The minimum Gasteiger partial charge on any atom is -0.373 e. The van der Waals surface area contributed by atoms with Gasteiger partial charge in [0.15, 0.2) is 6.29 Å². The highest BCUT2D eigenvalue weighted by atomic mass is 32.2. The van der Waals surface area contributed by atoms with Crippen LogP contribution in [0.25, 0.3) is 17.3 Å². The van der Waals surface area contributed by atoms with Crippen molar-refractivity contribution in [3.63, 3.8) is 0 Å². The van der Waals surface area contributed by atoms with Crippen LogP contribution in [0.3, 0.4) is 0 Å². The second kappa shape index (κ2) is 13.0. The van der Waals surface area contributed by atoms with Crippen LogP contribution in [0.15, 0.2) is 60.7 Å². The Morgan fingerprint density at radius 3 is 2.42 bits per heavy atom. The Hall–Kier alpha value is -3.18. The zero-order chi connectivity index (χ0) is 28.9. The average molecular weight is 570 g/mol. The van der Waals surface area contributed by atoms with Gasteiger partial charge in [-0.15, -0.1) is 0 Å². The van der Waals surface area contributed by atoms with Gasteiger partial charge in [0.05, 0.1) is 36.5 Å². The molecule has 0 bridgehead atoms. The van der Waals surface area contributed by atoms with Gasteiger partial charge in [-0.2, -0.15) is 0 Å². The van der Waals surface area contributed by atoms with E-state index in [9.17, 15) is 12.8 Å². The predicted molar refractivity (Wildman–Crippen MR) is 154 cm³/mol. The highest BCUT2D eigenvalue weighted by molar-refractivity contribution is 7.92. The number of methoxy groups -OCH3 is 1. The number of rotatable bonds is 10. The number of hydrogen-bond donors (Lipinski definition) is 0. The summed E-state index contributed by atoms with van der Waals surface area (Å²) in [6.07, 6.45) is 5.36. The summed E-state index contributed by atoms with van der Waals surface area (Å²) in [7, 11) is -0.582. The Morgan fingerprint density at radius 2 is 1.80 bits per heavy atom. The molecule has 4 rings (SSSR count). The van der Waals surface area contributed by atoms with E-state index < -0.39 is 16.3 Å². The van der Waals surface area contributed by atoms with Crippen LogP contribution in [0.1, 0.15) is 49.4 Å². The molecule has 3 aromatic rings. The smallest absolute Gasteiger partial charge is 0.239 e. The van der Waals surface area contributed by atoms with Crippen LogP contribution in [0.2, 0.25) is 0 Å². The number of sulfonamides is 1. The van der Waals surface area contributed by atoms with Gasteiger partial charge in [0.25, 0.3) is 0 Å². The first-order valence-corrected chi connectivity index (χ1v) is 15.0. The maximum atomic E-state index is 13.8. The normalized spacial score (nSPS) is 19.8. The molecule has 1 unspecified atom stereocenters. The fourth-order valence-electron chi connectivity index (χ4n) is 4.48. The topological polar surface area (TPSA) is 90.9 Å². The SMILES string of the molecule is COC1C[C@H](OCc2ccccc2)C[C@@H](C=Cc2c(-c3ccc(F)cc3)nc(N(C)S(C)(=O)=O)nc2C(C)C)O1. The quantitative estimate of drug-likeness (QED) is 0.316. The van der Waals surface area contributed by atoms with E-state index in [1.807, 2.05) is 56.3 Å². The molecule has 214 valence electrons. The van der Waals surface area contributed by atoms with Crippen LogP contribution in [0.4, 0.5) is 10.3 Å². The van der Waals surface area contributed by atoms with Gasteiger partial charge in [0.1, 0.15) is 5.82 Å². The molecule has 0 N–H and O–H groups in total. The Kier molecular flexibility index (Phi) is 9.68. The molecular formula is C30H36FN3O5S. The molecule has 0 spiro atoms. The van der Waals surface area contributed by atoms with E-state index in [4.69, 9.17) is 14.2 Å². The molecular weight excluding hydrogens is 533 g/mol. The van der Waals surface area contributed by atoms with Gasteiger partial charge < -0.3 is 14.2 Å². The average Bonchev–Trinajstić information content (AvgIpc) is 2.94.